The van der Waals surface area contributed by atoms with E-state index in [1.807, 2.05) is 24.3 Å². The van der Waals surface area contributed by atoms with Crippen LogP contribution in [0.15, 0.2) is 209 Å². The summed E-state index contributed by atoms with van der Waals surface area (Å²) in [5.74, 6) is 0.569. The maximum atomic E-state index is 6.41. The molecule has 276 valence electrons. The maximum Gasteiger partial charge on any atom is 0.143 e. The van der Waals surface area contributed by atoms with Crippen LogP contribution in [0.2, 0.25) is 0 Å². The van der Waals surface area contributed by atoms with Gasteiger partial charge in [-0.3, -0.25) is 0 Å². The van der Waals surface area contributed by atoms with Gasteiger partial charge in [-0.05, 0) is 94.3 Å². The van der Waals surface area contributed by atoms with Crippen LogP contribution in [-0.2, 0) is 0 Å². The molecule has 8 aromatic carbocycles. The minimum Gasteiger partial charge on any atom is -0.455 e. The van der Waals surface area contributed by atoms with Crippen molar-refractivity contribution in [1.82, 2.24) is 0 Å². The van der Waals surface area contributed by atoms with Crippen molar-refractivity contribution in [1.29, 1.82) is 0 Å². The van der Waals surface area contributed by atoms with Crippen molar-refractivity contribution >= 4 is 66.5 Å². The topological polar surface area (TPSA) is 29.5 Å². The molecule has 0 saturated heterocycles. The molecule has 0 amide bonds. The van der Waals surface area contributed by atoms with Gasteiger partial charge in [-0.25, -0.2) is 0 Å². The summed E-state index contributed by atoms with van der Waals surface area (Å²) in [5, 5.41) is 4.53. The van der Waals surface area contributed by atoms with E-state index in [-0.39, 0.29) is 0 Å². The van der Waals surface area contributed by atoms with Gasteiger partial charge in [0, 0.05) is 49.7 Å². The molecule has 0 N–H and O–H groups in total. The molecule has 3 heteroatoms. The van der Waals surface area contributed by atoms with Crippen molar-refractivity contribution in [3.05, 3.63) is 206 Å². The van der Waals surface area contributed by atoms with Gasteiger partial charge >= 0.3 is 0 Å². The van der Waals surface area contributed by atoms with E-state index in [2.05, 4.69) is 188 Å². The number of hydrogen-bond donors (Lipinski definition) is 0. The Morgan fingerprint density at radius 2 is 0.828 bits per heavy atom. The molecule has 1 atom stereocenters. The first-order chi connectivity index (χ1) is 28.6. The van der Waals surface area contributed by atoms with E-state index < -0.39 is 0 Å². The van der Waals surface area contributed by atoms with Gasteiger partial charge in [-0.2, -0.15) is 0 Å². The molecule has 2 heterocycles. The zero-order valence-corrected chi connectivity index (χ0v) is 32.1. The number of nitrogens with zero attached hydrogens (tertiary/aromatic N) is 1. The molecule has 0 bridgehead atoms. The van der Waals surface area contributed by atoms with Gasteiger partial charge in [0.1, 0.15) is 22.3 Å². The van der Waals surface area contributed by atoms with Crippen molar-refractivity contribution < 1.29 is 8.83 Å². The number of rotatable bonds is 7. The summed E-state index contributed by atoms with van der Waals surface area (Å²) in [4.78, 5) is 2.33. The first-order valence-electron chi connectivity index (χ1n) is 20.1. The maximum absolute atomic E-state index is 6.41. The monoisotopic (exact) mass is 745 g/mol. The lowest BCUT2D eigenvalue weighted by Gasteiger charge is -2.26. The van der Waals surface area contributed by atoms with Crippen molar-refractivity contribution in [3.8, 4) is 33.4 Å². The molecule has 10 aromatic rings. The highest BCUT2D eigenvalue weighted by Crippen LogP contribution is 2.41. The fourth-order valence-electron chi connectivity index (χ4n) is 8.67. The molecule has 1 aliphatic rings. The smallest absolute Gasteiger partial charge is 0.143 e. The molecular weight excluding hydrogens is 707 g/mol. The Hall–Kier alpha value is -7.36. The molecule has 2 aromatic heterocycles. The Kier molecular flexibility index (Phi) is 8.18. The largest absolute Gasteiger partial charge is 0.455 e. The number of para-hydroxylation sites is 4. The number of furan rings is 2. The van der Waals surface area contributed by atoms with Crippen LogP contribution in [0.4, 0.5) is 17.1 Å². The standard InChI is InChI=1S/C55H39NO2/c1-36-9-6-10-42(35-36)39-21-19-37(20-22-39)38-23-29-43(30-24-38)56(44-31-25-40(26-32-44)46-13-7-15-50-48-11-2-4-17-52(48)57-54(46)50)45-33-27-41(28-34-45)47-14-8-16-51-49-12-3-5-18-53(49)58-55(47)51/h2-8,10-36H,9H2,1H3. The van der Waals surface area contributed by atoms with E-state index in [0.717, 1.165) is 89.6 Å². The molecule has 1 aliphatic carbocycles. The van der Waals surface area contributed by atoms with Crippen LogP contribution in [0, 0.1) is 5.92 Å². The van der Waals surface area contributed by atoms with Crippen LogP contribution >= 0.6 is 0 Å². The Labute approximate surface area is 337 Å². The minimum absolute atomic E-state index is 0.569. The quantitative estimate of drug-likeness (QED) is 0.163. The molecule has 3 nitrogen and oxygen atoms in total. The summed E-state index contributed by atoms with van der Waals surface area (Å²) >= 11 is 0. The Morgan fingerprint density at radius 1 is 0.414 bits per heavy atom. The highest BCUT2D eigenvalue weighted by Gasteiger charge is 2.17. The van der Waals surface area contributed by atoms with E-state index >= 15 is 0 Å². The van der Waals surface area contributed by atoms with E-state index in [1.165, 1.54) is 22.3 Å². The number of benzene rings is 8. The van der Waals surface area contributed by atoms with Gasteiger partial charge in [-0.1, -0.05) is 159 Å². The van der Waals surface area contributed by atoms with Gasteiger partial charge in [0.05, 0.1) is 0 Å². The molecule has 1 unspecified atom stereocenters. The third kappa shape index (κ3) is 5.91. The highest BCUT2D eigenvalue weighted by atomic mass is 16.3. The van der Waals surface area contributed by atoms with Gasteiger partial charge < -0.3 is 13.7 Å². The average Bonchev–Trinajstić information content (AvgIpc) is 3.86. The number of anilines is 3. The zero-order chi connectivity index (χ0) is 38.6. The number of hydrogen-bond acceptors (Lipinski definition) is 3. The van der Waals surface area contributed by atoms with Crippen molar-refractivity contribution in [3.63, 3.8) is 0 Å². The summed E-state index contributed by atoms with van der Waals surface area (Å²) in [5.41, 5.74) is 16.1. The van der Waals surface area contributed by atoms with Gasteiger partial charge in [0.25, 0.3) is 0 Å². The molecule has 0 fully saturated rings. The summed E-state index contributed by atoms with van der Waals surface area (Å²) < 4.78 is 12.8. The number of allylic oxidation sites excluding steroid dienone is 4. The summed E-state index contributed by atoms with van der Waals surface area (Å²) in [6.07, 6.45) is 8.00. The van der Waals surface area contributed by atoms with Crippen molar-refractivity contribution in [2.75, 3.05) is 4.90 Å². The Morgan fingerprint density at radius 3 is 1.31 bits per heavy atom. The second kappa shape index (κ2) is 14.0. The number of fused-ring (bicyclic) bond motifs is 6. The Bertz CT molecular complexity index is 3020. The summed E-state index contributed by atoms with van der Waals surface area (Å²) in [6.45, 7) is 2.27. The second-order valence-corrected chi connectivity index (χ2v) is 15.4. The van der Waals surface area contributed by atoms with Crippen LogP contribution in [0.1, 0.15) is 18.9 Å². The van der Waals surface area contributed by atoms with Gasteiger partial charge in [0.15, 0.2) is 0 Å². The second-order valence-electron chi connectivity index (χ2n) is 15.4. The fraction of sp³-hybridized carbons (Fsp3) is 0.0545. The highest BCUT2D eigenvalue weighted by molar-refractivity contribution is 6.10. The van der Waals surface area contributed by atoms with Crippen LogP contribution in [0.25, 0.3) is 82.8 Å². The van der Waals surface area contributed by atoms with Crippen LogP contribution in [-0.4, -0.2) is 0 Å². The average molecular weight is 746 g/mol. The zero-order valence-electron chi connectivity index (χ0n) is 32.1. The fourth-order valence-corrected chi connectivity index (χ4v) is 8.67. The first kappa shape index (κ1) is 33.9. The van der Waals surface area contributed by atoms with Crippen molar-refractivity contribution in [2.24, 2.45) is 5.92 Å². The van der Waals surface area contributed by atoms with Crippen molar-refractivity contribution in [2.45, 2.75) is 13.3 Å². The van der Waals surface area contributed by atoms with E-state index in [9.17, 15) is 0 Å². The van der Waals surface area contributed by atoms with Crippen LogP contribution in [0.5, 0.6) is 0 Å². The van der Waals surface area contributed by atoms with Gasteiger partial charge in [0.2, 0.25) is 0 Å². The van der Waals surface area contributed by atoms with E-state index in [4.69, 9.17) is 8.83 Å². The molecule has 0 radical (unpaired) electrons. The molecule has 0 saturated carbocycles. The molecule has 0 aliphatic heterocycles. The molecule has 58 heavy (non-hydrogen) atoms. The Balaban J connectivity index is 0.964. The predicted molar refractivity (Wildman–Crippen MR) is 243 cm³/mol. The van der Waals surface area contributed by atoms with Crippen LogP contribution in [0.3, 0.4) is 0 Å². The SMILES string of the molecule is CC1C=C(c2ccc(-c3ccc(N(c4ccc(-c5cccc6c5oc5ccccc56)cc4)c4ccc(-c5cccc6c5oc5ccccc56)cc4)cc3)cc2)C=CC1. The molecule has 0 spiro atoms. The lowest BCUT2D eigenvalue weighted by atomic mass is 9.92. The summed E-state index contributed by atoms with van der Waals surface area (Å²) in [7, 11) is 0. The third-order valence-corrected chi connectivity index (χ3v) is 11.6. The van der Waals surface area contributed by atoms with Crippen LogP contribution < -0.4 is 4.90 Å². The predicted octanol–water partition coefficient (Wildman–Crippen LogP) is 15.9. The molecule has 11 rings (SSSR count). The lowest BCUT2D eigenvalue weighted by Crippen LogP contribution is -2.09. The van der Waals surface area contributed by atoms with Gasteiger partial charge in [-0.15, -0.1) is 0 Å². The third-order valence-electron chi connectivity index (χ3n) is 11.6. The minimum atomic E-state index is 0.569. The summed E-state index contributed by atoms with van der Waals surface area (Å²) in [6, 6.07) is 64.8. The van der Waals surface area contributed by atoms with E-state index in [0.29, 0.717) is 5.92 Å². The first-order valence-corrected chi connectivity index (χ1v) is 20.1. The molecular formula is C55H39NO2. The normalized spacial score (nSPS) is 14.1. The lowest BCUT2D eigenvalue weighted by molar-refractivity contribution is 0.669. The van der Waals surface area contributed by atoms with E-state index in [1.54, 1.807) is 0 Å².